The molecule has 1 amide bonds. The van der Waals surface area contributed by atoms with Gasteiger partial charge in [0.2, 0.25) is 0 Å². The Labute approximate surface area is 131 Å². The van der Waals surface area contributed by atoms with E-state index in [1.54, 1.807) is 12.1 Å². The number of carbonyl (C=O) groups excluding carboxylic acids is 1. The number of hydrogen-bond acceptors (Lipinski definition) is 2. The molecule has 3 rings (SSSR count). The van der Waals surface area contributed by atoms with Crippen molar-refractivity contribution in [2.45, 2.75) is 6.92 Å². The minimum Gasteiger partial charge on any atom is -0.321 e. The fraction of sp³-hybridized carbons (Fsp3) is 0.0588. The van der Waals surface area contributed by atoms with Crippen LogP contribution in [0.25, 0.3) is 10.9 Å². The second-order valence-electron chi connectivity index (χ2n) is 4.79. The number of nitrogens with one attached hydrogen (secondary N) is 1. The molecule has 2 aromatic carbocycles. The molecule has 4 heteroatoms. The molecule has 0 saturated carbocycles. The van der Waals surface area contributed by atoms with Gasteiger partial charge in [0, 0.05) is 21.1 Å². The minimum absolute atomic E-state index is 0.123. The van der Waals surface area contributed by atoms with Gasteiger partial charge in [0.25, 0.3) is 5.91 Å². The highest BCUT2D eigenvalue weighted by Crippen LogP contribution is 2.26. The van der Waals surface area contributed by atoms with Crippen molar-refractivity contribution in [1.29, 1.82) is 0 Å². The largest absolute Gasteiger partial charge is 0.321 e. The van der Waals surface area contributed by atoms with Crippen molar-refractivity contribution >= 4 is 38.4 Å². The number of nitrogens with zero attached hydrogens (tertiary/aromatic N) is 1. The summed E-state index contributed by atoms with van der Waals surface area (Å²) in [4.78, 5) is 16.8. The van der Waals surface area contributed by atoms with Gasteiger partial charge in [-0.05, 0) is 43.3 Å². The maximum Gasteiger partial charge on any atom is 0.255 e. The molecule has 0 spiro atoms. The van der Waals surface area contributed by atoms with E-state index in [4.69, 9.17) is 0 Å². The van der Waals surface area contributed by atoms with E-state index in [0.717, 1.165) is 26.8 Å². The Morgan fingerprint density at radius 1 is 1.10 bits per heavy atom. The third-order valence-electron chi connectivity index (χ3n) is 3.18. The first kappa shape index (κ1) is 13.8. The van der Waals surface area contributed by atoms with Crippen LogP contribution in [0.4, 0.5) is 5.69 Å². The molecule has 1 aromatic heterocycles. The smallest absolute Gasteiger partial charge is 0.255 e. The van der Waals surface area contributed by atoms with Crippen LogP contribution in [0.5, 0.6) is 0 Å². The highest BCUT2D eigenvalue weighted by atomic mass is 79.9. The lowest BCUT2D eigenvalue weighted by Crippen LogP contribution is -2.12. The van der Waals surface area contributed by atoms with Gasteiger partial charge < -0.3 is 5.32 Å². The highest BCUT2D eigenvalue weighted by Gasteiger charge is 2.10. The lowest BCUT2D eigenvalue weighted by molar-refractivity contribution is 0.102. The monoisotopic (exact) mass is 340 g/mol. The molecule has 1 heterocycles. The van der Waals surface area contributed by atoms with Crippen molar-refractivity contribution in [3.63, 3.8) is 0 Å². The van der Waals surface area contributed by atoms with Crippen molar-refractivity contribution in [3.8, 4) is 0 Å². The average Bonchev–Trinajstić information content (AvgIpc) is 2.49. The summed E-state index contributed by atoms with van der Waals surface area (Å²) in [6.45, 7) is 1.92. The van der Waals surface area contributed by atoms with Crippen LogP contribution in [-0.4, -0.2) is 10.9 Å². The predicted octanol–water partition coefficient (Wildman–Crippen LogP) is 4.56. The van der Waals surface area contributed by atoms with Crippen LogP contribution in [0.15, 0.2) is 59.1 Å². The van der Waals surface area contributed by atoms with E-state index < -0.39 is 0 Å². The van der Waals surface area contributed by atoms with Crippen molar-refractivity contribution in [2.75, 3.05) is 5.32 Å². The average molecular weight is 341 g/mol. The van der Waals surface area contributed by atoms with E-state index in [-0.39, 0.29) is 5.91 Å². The molecular weight excluding hydrogens is 328 g/mol. The molecule has 3 aromatic rings. The topological polar surface area (TPSA) is 42.0 Å². The summed E-state index contributed by atoms with van der Waals surface area (Å²) in [6.07, 6.45) is 0. The normalized spacial score (nSPS) is 10.6. The van der Waals surface area contributed by atoms with Crippen LogP contribution in [0.3, 0.4) is 0 Å². The Morgan fingerprint density at radius 2 is 1.86 bits per heavy atom. The molecule has 0 saturated heterocycles. The zero-order valence-corrected chi connectivity index (χ0v) is 13.0. The van der Waals surface area contributed by atoms with Crippen LogP contribution >= 0.6 is 15.9 Å². The molecule has 21 heavy (non-hydrogen) atoms. The number of benzene rings is 2. The molecule has 3 nitrogen and oxygen atoms in total. The maximum absolute atomic E-state index is 12.3. The van der Waals surface area contributed by atoms with E-state index in [1.807, 2.05) is 49.4 Å². The Morgan fingerprint density at radius 3 is 2.62 bits per heavy atom. The lowest BCUT2D eigenvalue weighted by Gasteiger charge is -2.10. The minimum atomic E-state index is -0.123. The summed E-state index contributed by atoms with van der Waals surface area (Å²) in [5.74, 6) is -0.123. The molecule has 0 atom stereocenters. The number of hydrogen-bond donors (Lipinski definition) is 1. The number of fused-ring (bicyclic) bond motifs is 1. The number of aryl methyl sites for hydroxylation is 1. The lowest BCUT2D eigenvalue weighted by atomic mass is 10.1. The van der Waals surface area contributed by atoms with E-state index in [2.05, 4.69) is 26.2 Å². The quantitative estimate of drug-likeness (QED) is 0.743. The van der Waals surface area contributed by atoms with Crippen LogP contribution in [0.1, 0.15) is 16.1 Å². The van der Waals surface area contributed by atoms with Crippen LogP contribution in [0, 0.1) is 6.92 Å². The summed E-state index contributed by atoms with van der Waals surface area (Å²) in [5, 5.41) is 3.89. The van der Waals surface area contributed by atoms with Gasteiger partial charge in [0.05, 0.1) is 11.2 Å². The van der Waals surface area contributed by atoms with Crippen molar-refractivity contribution in [2.24, 2.45) is 0 Å². The first-order chi connectivity index (χ1) is 10.1. The number of aromatic nitrogens is 1. The molecule has 0 fully saturated rings. The predicted molar refractivity (Wildman–Crippen MR) is 88.6 cm³/mol. The summed E-state index contributed by atoms with van der Waals surface area (Å²) >= 11 is 3.46. The fourth-order valence-corrected chi connectivity index (χ4v) is 2.58. The number of rotatable bonds is 2. The van der Waals surface area contributed by atoms with Gasteiger partial charge in [0.15, 0.2) is 0 Å². The molecule has 104 valence electrons. The maximum atomic E-state index is 12.3. The second kappa shape index (κ2) is 5.66. The zero-order chi connectivity index (χ0) is 14.8. The van der Waals surface area contributed by atoms with Crippen LogP contribution < -0.4 is 5.32 Å². The van der Waals surface area contributed by atoms with E-state index in [0.29, 0.717) is 5.56 Å². The standard InChI is InChI=1S/C17H13BrN2O/c1-11-9-16(14-10-13(18)7-8-15(14)19-11)20-17(21)12-5-3-2-4-6-12/h2-10H,1H3,(H,19,20,21). The van der Waals surface area contributed by atoms with Gasteiger partial charge in [-0.1, -0.05) is 34.1 Å². The van der Waals surface area contributed by atoms with Crippen LogP contribution in [-0.2, 0) is 0 Å². The zero-order valence-electron chi connectivity index (χ0n) is 11.4. The second-order valence-corrected chi connectivity index (χ2v) is 5.71. The summed E-state index contributed by atoms with van der Waals surface area (Å²) in [6, 6.07) is 16.9. The number of halogens is 1. The van der Waals surface area contributed by atoms with Crippen LogP contribution in [0.2, 0.25) is 0 Å². The molecule has 0 aliphatic heterocycles. The highest BCUT2D eigenvalue weighted by molar-refractivity contribution is 9.10. The summed E-state index contributed by atoms with van der Waals surface area (Å²) in [7, 11) is 0. The summed E-state index contributed by atoms with van der Waals surface area (Å²) < 4.78 is 0.955. The Hall–Kier alpha value is -2.20. The van der Waals surface area contributed by atoms with Gasteiger partial charge >= 0.3 is 0 Å². The Bertz CT molecular complexity index is 816. The third-order valence-corrected chi connectivity index (χ3v) is 3.68. The van der Waals surface area contributed by atoms with Crippen molar-refractivity contribution in [1.82, 2.24) is 4.98 Å². The molecule has 1 N–H and O–H groups in total. The van der Waals surface area contributed by atoms with E-state index in [1.165, 1.54) is 0 Å². The molecule has 0 unspecified atom stereocenters. The number of amides is 1. The number of anilines is 1. The SMILES string of the molecule is Cc1cc(NC(=O)c2ccccc2)c2cc(Br)ccc2n1. The molecule has 0 bridgehead atoms. The van der Waals surface area contributed by atoms with Gasteiger partial charge in [0.1, 0.15) is 0 Å². The number of pyridine rings is 1. The van der Waals surface area contributed by atoms with Crippen molar-refractivity contribution in [3.05, 3.63) is 70.3 Å². The number of carbonyl (C=O) groups is 1. The Balaban J connectivity index is 2.04. The first-order valence-electron chi connectivity index (χ1n) is 6.57. The first-order valence-corrected chi connectivity index (χ1v) is 7.36. The summed E-state index contributed by atoms with van der Waals surface area (Å²) in [5.41, 5.74) is 3.14. The van der Waals surface area contributed by atoms with E-state index in [9.17, 15) is 4.79 Å². The van der Waals surface area contributed by atoms with Gasteiger partial charge in [-0.25, -0.2) is 0 Å². The van der Waals surface area contributed by atoms with E-state index >= 15 is 0 Å². The van der Waals surface area contributed by atoms with Gasteiger partial charge in [-0.15, -0.1) is 0 Å². The molecule has 0 aliphatic rings. The molecule has 0 radical (unpaired) electrons. The third kappa shape index (κ3) is 2.95. The van der Waals surface area contributed by atoms with Gasteiger partial charge in [-0.3, -0.25) is 9.78 Å². The molecular formula is C17H13BrN2O. The fourth-order valence-electron chi connectivity index (χ4n) is 2.22. The Kier molecular flexibility index (Phi) is 3.71. The van der Waals surface area contributed by atoms with Crippen molar-refractivity contribution < 1.29 is 4.79 Å². The van der Waals surface area contributed by atoms with Gasteiger partial charge in [-0.2, -0.15) is 0 Å². The molecule has 0 aliphatic carbocycles.